The summed E-state index contributed by atoms with van der Waals surface area (Å²) in [5.41, 5.74) is 0.977. The zero-order valence-electron chi connectivity index (χ0n) is 15.9. The average molecular weight is 450 g/mol. The quantitative estimate of drug-likeness (QED) is 0.684. The first kappa shape index (κ1) is 20.8. The number of sulfonamides is 1. The number of anilines is 1. The van der Waals surface area contributed by atoms with Crippen molar-refractivity contribution < 1.29 is 22.4 Å². The predicted molar refractivity (Wildman–Crippen MR) is 111 cm³/mol. The molecule has 1 fully saturated rings. The number of nitrogens with zero attached hydrogens (tertiary/aromatic N) is 1. The molecule has 1 saturated heterocycles. The van der Waals surface area contributed by atoms with E-state index >= 15 is 0 Å². The van der Waals surface area contributed by atoms with Gasteiger partial charge in [0.05, 0.1) is 10.6 Å². The number of carbonyl (C=O) groups is 2. The topological polar surface area (TPSA) is 95.6 Å². The van der Waals surface area contributed by atoms with Gasteiger partial charge in [0, 0.05) is 24.5 Å². The van der Waals surface area contributed by atoms with Gasteiger partial charge < -0.3 is 10.2 Å². The molecule has 158 valence electrons. The molecule has 2 aliphatic rings. The van der Waals surface area contributed by atoms with E-state index in [1.807, 2.05) is 0 Å². The lowest BCUT2D eigenvalue weighted by Crippen LogP contribution is -2.43. The molecule has 2 heterocycles. The molecule has 2 aromatic rings. The fourth-order valence-corrected chi connectivity index (χ4v) is 5.48. The summed E-state index contributed by atoms with van der Waals surface area (Å²) in [6, 6.07) is 9.93. The monoisotopic (exact) mass is 449 g/mol. The average Bonchev–Trinajstić information content (AvgIpc) is 3.27. The largest absolute Gasteiger partial charge is 0.341 e. The zero-order valence-corrected chi connectivity index (χ0v) is 17.6. The lowest BCUT2D eigenvalue weighted by atomic mass is 10.2. The maximum absolute atomic E-state index is 13.0. The van der Waals surface area contributed by atoms with Crippen LogP contribution in [0.3, 0.4) is 0 Å². The number of carbonyl (C=O) groups excluding carboxylic acids is 2. The first-order valence-corrected chi connectivity index (χ1v) is 11.8. The van der Waals surface area contributed by atoms with Gasteiger partial charge in [-0.1, -0.05) is 12.1 Å². The van der Waals surface area contributed by atoms with E-state index in [1.54, 1.807) is 11.0 Å². The molecule has 0 unspecified atom stereocenters. The highest BCUT2D eigenvalue weighted by Crippen LogP contribution is 2.38. The Morgan fingerprint density at radius 3 is 2.57 bits per heavy atom. The van der Waals surface area contributed by atoms with Crippen molar-refractivity contribution in [3.63, 3.8) is 0 Å². The minimum absolute atomic E-state index is 0.00594. The molecule has 0 spiro atoms. The normalized spacial score (nSPS) is 18.8. The minimum Gasteiger partial charge on any atom is -0.341 e. The highest BCUT2D eigenvalue weighted by atomic mass is 32.2. The number of nitrogens with one attached hydrogen (secondary N) is 2. The SMILES string of the molecule is O=C1Nc2cc(S(=O)(=O)NCc3ccc(F)cc3)ccc2S[C@@H]1C(=O)N1CCCC1. The maximum Gasteiger partial charge on any atom is 0.247 e. The second-order valence-electron chi connectivity index (χ2n) is 7.13. The molecule has 0 bridgehead atoms. The molecule has 1 atom stereocenters. The first-order chi connectivity index (χ1) is 14.3. The van der Waals surface area contributed by atoms with Gasteiger partial charge in [0.15, 0.2) is 5.25 Å². The lowest BCUT2D eigenvalue weighted by molar-refractivity contribution is -0.133. The number of thioether (sulfide) groups is 1. The van der Waals surface area contributed by atoms with E-state index in [0.717, 1.165) is 24.6 Å². The second kappa shape index (κ2) is 8.37. The van der Waals surface area contributed by atoms with Gasteiger partial charge in [-0.15, -0.1) is 11.8 Å². The van der Waals surface area contributed by atoms with E-state index in [4.69, 9.17) is 0 Å². The Labute approximate surface area is 178 Å². The molecule has 30 heavy (non-hydrogen) atoms. The van der Waals surface area contributed by atoms with Crippen LogP contribution in [0.15, 0.2) is 52.3 Å². The molecule has 4 rings (SSSR count). The number of benzene rings is 2. The molecule has 2 amide bonds. The van der Waals surface area contributed by atoms with E-state index in [0.29, 0.717) is 29.2 Å². The van der Waals surface area contributed by atoms with E-state index in [2.05, 4.69) is 10.0 Å². The Morgan fingerprint density at radius 1 is 1.17 bits per heavy atom. The summed E-state index contributed by atoms with van der Waals surface area (Å²) in [7, 11) is -3.84. The Bertz CT molecular complexity index is 1080. The Kier molecular flexibility index (Phi) is 5.81. The molecular formula is C20H20FN3O4S2. The summed E-state index contributed by atoms with van der Waals surface area (Å²) in [5, 5.41) is 1.80. The van der Waals surface area contributed by atoms with Crippen LogP contribution in [0, 0.1) is 5.82 Å². The second-order valence-corrected chi connectivity index (χ2v) is 10.0. The third-order valence-electron chi connectivity index (χ3n) is 5.02. The number of hydrogen-bond donors (Lipinski definition) is 2. The van der Waals surface area contributed by atoms with Gasteiger partial charge in [0.25, 0.3) is 0 Å². The highest BCUT2D eigenvalue weighted by Gasteiger charge is 2.37. The van der Waals surface area contributed by atoms with Gasteiger partial charge in [-0.2, -0.15) is 0 Å². The first-order valence-electron chi connectivity index (χ1n) is 9.48. The van der Waals surface area contributed by atoms with Crippen molar-refractivity contribution in [3.8, 4) is 0 Å². The molecule has 2 aliphatic heterocycles. The van der Waals surface area contributed by atoms with E-state index in [9.17, 15) is 22.4 Å². The molecule has 0 saturated carbocycles. The number of hydrogen-bond acceptors (Lipinski definition) is 5. The molecule has 0 aromatic heterocycles. The molecule has 0 aliphatic carbocycles. The Hall–Kier alpha value is -2.43. The highest BCUT2D eigenvalue weighted by molar-refractivity contribution is 8.01. The predicted octanol–water partition coefficient (Wildman–Crippen LogP) is 2.34. The van der Waals surface area contributed by atoms with Crippen molar-refractivity contribution in [2.45, 2.75) is 34.4 Å². The Balaban J connectivity index is 1.48. The van der Waals surface area contributed by atoms with Crippen LogP contribution in [0.1, 0.15) is 18.4 Å². The number of likely N-dealkylation sites (tertiary alicyclic amines) is 1. The standard InChI is InChI=1S/C20H20FN3O4S2/c21-14-5-3-13(4-6-14)12-22-30(27,28)15-7-8-17-16(11-15)23-19(25)18(29-17)20(26)24-9-1-2-10-24/h3-8,11,18,22H,1-2,9-10,12H2,(H,23,25)/t18-/m0/s1. The van der Waals surface area contributed by atoms with Gasteiger partial charge in [-0.25, -0.2) is 17.5 Å². The minimum atomic E-state index is -3.84. The van der Waals surface area contributed by atoms with Crippen LogP contribution in [-0.4, -0.2) is 43.5 Å². The summed E-state index contributed by atoms with van der Waals surface area (Å²) in [5.74, 6) is -1.05. The Morgan fingerprint density at radius 2 is 1.87 bits per heavy atom. The van der Waals surface area contributed by atoms with Gasteiger partial charge >= 0.3 is 0 Å². The molecule has 10 heteroatoms. The van der Waals surface area contributed by atoms with Crippen LogP contribution in [0.5, 0.6) is 0 Å². The zero-order chi connectivity index (χ0) is 21.3. The molecular weight excluding hydrogens is 429 g/mol. The van der Waals surface area contributed by atoms with Gasteiger partial charge in [0.1, 0.15) is 5.82 Å². The number of amides is 2. The van der Waals surface area contributed by atoms with E-state index < -0.39 is 27.0 Å². The van der Waals surface area contributed by atoms with Crippen LogP contribution in [0.25, 0.3) is 0 Å². The summed E-state index contributed by atoms with van der Waals surface area (Å²) in [4.78, 5) is 27.4. The fraction of sp³-hybridized carbons (Fsp3) is 0.300. The van der Waals surface area contributed by atoms with E-state index in [-0.39, 0.29) is 17.3 Å². The summed E-state index contributed by atoms with van der Waals surface area (Å²) >= 11 is 1.14. The summed E-state index contributed by atoms with van der Waals surface area (Å²) in [6.45, 7) is 1.33. The fourth-order valence-electron chi connectivity index (χ4n) is 3.39. The lowest BCUT2D eigenvalue weighted by Gasteiger charge is -2.27. The number of halogens is 1. The van der Waals surface area contributed by atoms with Crippen LogP contribution >= 0.6 is 11.8 Å². The van der Waals surface area contributed by atoms with Crippen molar-refractivity contribution in [1.29, 1.82) is 0 Å². The van der Waals surface area contributed by atoms with Crippen LogP contribution < -0.4 is 10.0 Å². The smallest absolute Gasteiger partial charge is 0.247 e. The van der Waals surface area contributed by atoms with Crippen LogP contribution in [-0.2, 0) is 26.2 Å². The van der Waals surface area contributed by atoms with Crippen LogP contribution in [0.2, 0.25) is 0 Å². The summed E-state index contributed by atoms with van der Waals surface area (Å²) < 4.78 is 40.7. The van der Waals surface area contributed by atoms with Crippen LogP contribution in [0.4, 0.5) is 10.1 Å². The van der Waals surface area contributed by atoms with Crippen molar-refractivity contribution in [2.24, 2.45) is 0 Å². The van der Waals surface area contributed by atoms with Gasteiger partial charge in [-0.05, 0) is 48.7 Å². The maximum atomic E-state index is 13.0. The van der Waals surface area contributed by atoms with Gasteiger partial charge in [-0.3, -0.25) is 9.59 Å². The molecule has 7 nitrogen and oxygen atoms in total. The molecule has 2 aromatic carbocycles. The third-order valence-corrected chi connectivity index (χ3v) is 7.68. The van der Waals surface area contributed by atoms with Gasteiger partial charge in [0.2, 0.25) is 21.8 Å². The van der Waals surface area contributed by atoms with Crippen molar-refractivity contribution >= 4 is 39.3 Å². The third kappa shape index (κ3) is 4.35. The number of rotatable bonds is 5. The molecule has 2 N–H and O–H groups in total. The van der Waals surface area contributed by atoms with E-state index in [1.165, 1.54) is 36.4 Å². The summed E-state index contributed by atoms with van der Waals surface area (Å²) in [6.07, 6.45) is 1.88. The van der Waals surface area contributed by atoms with Crippen molar-refractivity contribution in [2.75, 3.05) is 18.4 Å². The van der Waals surface area contributed by atoms with Crippen molar-refractivity contribution in [3.05, 3.63) is 53.8 Å². The number of fused-ring (bicyclic) bond motifs is 1. The van der Waals surface area contributed by atoms with Crippen molar-refractivity contribution in [1.82, 2.24) is 9.62 Å². The molecule has 0 radical (unpaired) electrons.